The highest BCUT2D eigenvalue weighted by Crippen LogP contribution is 2.28. The zero-order valence-corrected chi connectivity index (χ0v) is 14.8. The largest absolute Gasteiger partial charge is 0.507 e. The summed E-state index contributed by atoms with van der Waals surface area (Å²) in [5.74, 6) is -2.55. The number of hydrogen-bond donors (Lipinski definition) is 3. The van der Waals surface area contributed by atoms with E-state index in [4.69, 9.17) is 9.84 Å². The molecular formula is C19H20N2O6. The topological polar surface area (TPSA) is 118 Å². The quantitative estimate of drug-likeness (QED) is 0.714. The minimum Gasteiger partial charge on any atom is -0.507 e. The van der Waals surface area contributed by atoms with Crippen molar-refractivity contribution in [3.05, 3.63) is 62.6 Å². The van der Waals surface area contributed by atoms with E-state index in [9.17, 15) is 19.5 Å². The van der Waals surface area contributed by atoms with Gasteiger partial charge in [-0.15, -0.1) is 0 Å². The van der Waals surface area contributed by atoms with Crippen LogP contribution in [0.25, 0.3) is 0 Å². The number of rotatable bonds is 5. The van der Waals surface area contributed by atoms with Crippen molar-refractivity contribution in [1.82, 2.24) is 9.88 Å². The fourth-order valence-electron chi connectivity index (χ4n) is 3.07. The number of aromatic hydroxyl groups is 1. The molecule has 1 aliphatic rings. The molecule has 0 bridgehead atoms. The fraction of sp³-hybridized carbons (Fsp3) is 0.316. The molecule has 27 heavy (non-hydrogen) atoms. The van der Waals surface area contributed by atoms with Gasteiger partial charge in [-0.05, 0) is 12.5 Å². The van der Waals surface area contributed by atoms with Gasteiger partial charge in [0.25, 0.3) is 11.5 Å². The van der Waals surface area contributed by atoms with E-state index in [1.54, 1.807) is 0 Å². The first-order valence-electron chi connectivity index (χ1n) is 8.49. The van der Waals surface area contributed by atoms with Gasteiger partial charge in [0.1, 0.15) is 17.9 Å². The summed E-state index contributed by atoms with van der Waals surface area (Å²) >= 11 is 0. The third-order valence-corrected chi connectivity index (χ3v) is 4.48. The number of carboxylic acids is 1. The van der Waals surface area contributed by atoms with Gasteiger partial charge in [-0.1, -0.05) is 29.8 Å². The maximum absolute atomic E-state index is 13.0. The van der Waals surface area contributed by atoms with Crippen molar-refractivity contribution in [1.29, 1.82) is 0 Å². The van der Waals surface area contributed by atoms with Crippen LogP contribution < -0.4 is 10.9 Å². The van der Waals surface area contributed by atoms with Crippen LogP contribution in [0.4, 0.5) is 0 Å². The molecule has 142 valence electrons. The molecule has 1 aromatic heterocycles. The molecule has 1 amide bonds. The first-order chi connectivity index (χ1) is 12.9. The van der Waals surface area contributed by atoms with Crippen LogP contribution in [0.3, 0.4) is 0 Å². The molecule has 8 nitrogen and oxygen atoms in total. The number of hydrogen-bond acceptors (Lipinski definition) is 5. The van der Waals surface area contributed by atoms with E-state index in [0.29, 0.717) is 24.3 Å². The van der Waals surface area contributed by atoms with Crippen LogP contribution in [0, 0.1) is 6.92 Å². The van der Waals surface area contributed by atoms with Crippen LogP contribution in [0.15, 0.2) is 29.1 Å². The van der Waals surface area contributed by atoms with Gasteiger partial charge in [-0.25, -0.2) is 0 Å². The predicted octanol–water partition coefficient (Wildman–Crippen LogP) is 0.798. The summed E-state index contributed by atoms with van der Waals surface area (Å²) in [7, 11) is 0. The summed E-state index contributed by atoms with van der Waals surface area (Å²) in [4.78, 5) is 36.0. The number of nitrogens with zero attached hydrogens (tertiary/aromatic N) is 1. The molecule has 3 rings (SSSR count). The summed E-state index contributed by atoms with van der Waals surface area (Å²) in [5.41, 5.74) is 1.82. The molecule has 0 saturated heterocycles. The van der Waals surface area contributed by atoms with Crippen LogP contribution in [-0.2, 0) is 29.1 Å². The SMILES string of the molecule is Cc1ccc(Cn2c3c(c(O)c(C(=O)NCC(=O)O)c2=O)CCOC3)cc1. The summed E-state index contributed by atoms with van der Waals surface area (Å²) in [6.07, 6.45) is 0.356. The molecule has 3 N–H and O–H groups in total. The molecule has 0 fully saturated rings. The first kappa shape index (κ1) is 18.7. The van der Waals surface area contributed by atoms with Crippen molar-refractivity contribution in [2.45, 2.75) is 26.5 Å². The number of benzene rings is 1. The molecule has 2 heterocycles. The number of carbonyl (C=O) groups excluding carboxylic acids is 1. The molecule has 0 unspecified atom stereocenters. The van der Waals surface area contributed by atoms with E-state index in [0.717, 1.165) is 11.1 Å². The zero-order chi connectivity index (χ0) is 19.6. The number of aromatic nitrogens is 1. The third kappa shape index (κ3) is 3.85. The van der Waals surface area contributed by atoms with Crippen molar-refractivity contribution in [3.8, 4) is 5.75 Å². The Morgan fingerprint density at radius 3 is 2.63 bits per heavy atom. The number of nitrogens with one attached hydrogen (secondary N) is 1. The number of ether oxygens (including phenoxy) is 1. The van der Waals surface area contributed by atoms with E-state index in [2.05, 4.69) is 5.32 Å². The number of pyridine rings is 1. The van der Waals surface area contributed by atoms with Crippen LogP contribution in [-0.4, -0.2) is 39.8 Å². The lowest BCUT2D eigenvalue weighted by molar-refractivity contribution is -0.135. The lowest BCUT2D eigenvalue weighted by Gasteiger charge is -2.24. The second-order valence-corrected chi connectivity index (χ2v) is 6.40. The van der Waals surface area contributed by atoms with Gasteiger partial charge in [-0.2, -0.15) is 0 Å². The van der Waals surface area contributed by atoms with Gasteiger partial charge in [0, 0.05) is 12.0 Å². The highest BCUT2D eigenvalue weighted by molar-refractivity contribution is 5.98. The van der Waals surface area contributed by atoms with Crippen molar-refractivity contribution >= 4 is 11.9 Å². The average molecular weight is 372 g/mol. The van der Waals surface area contributed by atoms with E-state index >= 15 is 0 Å². The Hall–Kier alpha value is -3.13. The third-order valence-electron chi connectivity index (χ3n) is 4.48. The lowest BCUT2D eigenvalue weighted by Crippen LogP contribution is -2.38. The monoisotopic (exact) mass is 372 g/mol. The number of aliphatic carboxylic acids is 1. The van der Waals surface area contributed by atoms with E-state index in [1.807, 2.05) is 31.2 Å². The van der Waals surface area contributed by atoms with Gasteiger partial charge in [-0.3, -0.25) is 14.4 Å². The van der Waals surface area contributed by atoms with Crippen LogP contribution in [0.5, 0.6) is 5.75 Å². The number of fused-ring (bicyclic) bond motifs is 1. The van der Waals surface area contributed by atoms with Gasteiger partial charge in [0.05, 0.1) is 25.5 Å². The molecule has 0 spiro atoms. The van der Waals surface area contributed by atoms with Crippen molar-refractivity contribution < 1.29 is 24.5 Å². The standard InChI is InChI=1S/C19H20N2O6/c1-11-2-4-12(5-3-11)9-21-14-10-27-7-6-13(14)17(24)16(19(21)26)18(25)20-8-15(22)23/h2-5,24H,6-10H2,1H3,(H,20,25)(H,22,23). The Labute approximate surface area is 155 Å². The molecule has 1 aromatic carbocycles. The Balaban J connectivity index is 2.09. The van der Waals surface area contributed by atoms with E-state index in [-0.39, 0.29) is 13.2 Å². The van der Waals surface area contributed by atoms with E-state index in [1.165, 1.54) is 4.57 Å². The van der Waals surface area contributed by atoms with E-state index < -0.39 is 35.3 Å². The number of carbonyl (C=O) groups is 2. The molecule has 2 aromatic rings. The highest BCUT2D eigenvalue weighted by Gasteiger charge is 2.27. The van der Waals surface area contributed by atoms with Gasteiger partial charge in [0.2, 0.25) is 0 Å². The normalized spacial score (nSPS) is 13.1. The second-order valence-electron chi connectivity index (χ2n) is 6.40. The van der Waals surface area contributed by atoms with Crippen LogP contribution in [0.1, 0.15) is 32.7 Å². The molecule has 0 atom stereocenters. The summed E-state index contributed by atoms with van der Waals surface area (Å²) in [6.45, 7) is 2.04. The van der Waals surface area contributed by atoms with Gasteiger partial charge in [0.15, 0.2) is 0 Å². The second kappa shape index (κ2) is 7.63. The molecule has 1 aliphatic heterocycles. The first-order valence-corrected chi connectivity index (χ1v) is 8.49. The van der Waals surface area contributed by atoms with Crippen LogP contribution >= 0.6 is 0 Å². The zero-order valence-electron chi connectivity index (χ0n) is 14.8. The minimum absolute atomic E-state index is 0.154. The van der Waals surface area contributed by atoms with Crippen molar-refractivity contribution in [2.24, 2.45) is 0 Å². The van der Waals surface area contributed by atoms with Crippen molar-refractivity contribution in [2.75, 3.05) is 13.2 Å². The van der Waals surface area contributed by atoms with Gasteiger partial charge >= 0.3 is 5.97 Å². The smallest absolute Gasteiger partial charge is 0.322 e. The van der Waals surface area contributed by atoms with Crippen molar-refractivity contribution in [3.63, 3.8) is 0 Å². The summed E-state index contributed by atoms with van der Waals surface area (Å²) < 4.78 is 6.84. The summed E-state index contributed by atoms with van der Waals surface area (Å²) in [6, 6.07) is 7.61. The number of carboxylic acid groups (broad SMARTS) is 1. The Morgan fingerprint density at radius 1 is 1.26 bits per heavy atom. The minimum atomic E-state index is -1.24. The molecular weight excluding hydrogens is 352 g/mol. The Kier molecular flexibility index (Phi) is 5.27. The highest BCUT2D eigenvalue weighted by atomic mass is 16.5. The van der Waals surface area contributed by atoms with Crippen LogP contribution in [0.2, 0.25) is 0 Å². The lowest BCUT2D eigenvalue weighted by atomic mass is 10.0. The molecule has 0 aliphatic carbocycles. The number of aryl methyl sites for hydroxylation is 1. The maximum atomic E-state index is 13.0. The molecule has 0 saturated carbocycles. The van der Waals surface area contributed by atoms with Gasteiger partial charge < -0.3 is 24.8 Å². The number of amides is 1. The Morgan fingerprint density at radius 2 is 1.96 bits per heavy atom. The summed E-state index contributed by atoms with van der Waals surface area (Å²) in [5, 5.41) is 21.4. The molecule has 8 heteroatoms. The Bertz CT molecular complexity index is 946. The average Bonchev–Trinajstić information content (AvgIpc) is 2.65. The molecule has 0 radical (unpaired) electrons. The maximum Gasteiger partial charge on any atom is 0.322 e. The fourth-order valence-corrected chi connectivity index (χ4v) is 3.07. The predicted molar refractivity (Wildman–Crippen MR) is 96.0 cm³/mol.